The van der Waals surface area contributed by atoms with Gasteiger partial charge in [-0.25, -0.2) is 9.59 Å². The van der Waals surface area contributed by atoms with Gasteiger partial charge >= 0.3 is 12.2 Å². The minimum Gasteiger partial charge on any atom is -0.444 e. The molecule has 4 N–H and O–H groups in total. The van der Waals surface area contributed by atoms with Crippen LogP contribution in [-0.2, 0) is 22.6 Å². The summed E-state index contributed by atoms with van der Waals surface area (Å²) in [6.07, 6.45) is -1.29. The third-order valence-corrected chi connectivity index (χ3v) is 5.53. The zero-order valence-corrected chi connectivity index (χ0v) is 23.3. The SMILES string of the molecule is CC(C)(C)OC(=O)NCc1cc(NC(=O)c2cc(Cl)cc(NC(=O)OCc3ccccc3)c2)cc(-c2nn[nH]n2)c1. The van der Waals surface area contributed by atoms with Crippen LogP contribution in [0.25, 0.3) is 11.4 Å². The number of rotatable bonds is 8. The highest BCUT2D eigenvalue weighted by molar-refractivity contribution is 6.31. The second-order valence-electron chi connectivity index (χ2n) is 9.88. The number of ether oxygens (including phenoxy) is 2. The highest BCUT2D eigenvalue weighted by atomic mass is 35.5. The summed E-state index contributed by atoms with van der Waals surface area (Å²) in [5, 5.41) is 22.3. The van der Waals surface area contributed by atoms with Crippen molar-refractivity contribution in [3.05, 3.63) is 88.4 Å². The molecule has 0 saturated carbocycles. The van der Waals surface area contributed by atoms with Crippen molar-refractivity contribution in [3.8, 4) is 11.4 Å². The maximum atomic E-state index is 13.2. The molecule has 0 fully saturated rings. The van der Waals surface area contributed by atoms with Gasteiger partial charge in [0.2, 0.25) is 5.82 Å². The second kappa shape index (κ2) is 12.9. The lowest BCUT2D eigenvalue weighted by Gasteiger charge is -2.20. The van der Waals surface area contributed by atoms with Gasteiger partial charge in [0.1, 0.15) is 12.2 Å². The predicted octanol–water partition coefficient (Wildman–Crippen LogP) is 5.55. The Bertz CT molecular complexity index is 1520. The molecule has 212 valence electrons. The molecule has 12 nitrogen and oxygen atoms in total. The number of hydrogen-bond acceptors (Lipinski definition) is 8. The Kier molecular flexibility index (Phi) is 9.15. The molecule has 1 heterocycles. The maximum absolute atomic E-state index is 13.2. The number of hydrogen-bond donors (Lipinski definition) is 4. The molecule has 0 saturated heterocycles. The van der Waals surface area contributed by atoms with Crippen LogP contribution in [0.3, 0.4) is 0 Å². The second-order valence-corrected chi connectivity index (χ2v) is 10.3. The van der Waals surface area contributed by atoms with E-state index in [2.05, 4.69) is 36.6 Å². The van der Waals surface area contributed by atoms with Gasteiger partial charge in [-0.1, -0.05) is 41.9 Å². The normalized spacial score (nSPS) is 10.9. The van der Waals surface area contributed by atoms with Crippen LogP contribution in [0.2, 0.25) is 5.02 Å². The van der Waals surface area contributed by atoms with Crippen LogP contribution >= 0.6 is 11.6 Å². The minimum atomic E-state index is -0.697. The number of carbonyl (C=O) groups is 3. The number of aromatic amines is 1. The summed E-state index contributed by atoms with van der Waals surface area (Å²) in [4.78, 5) is 37.7. The fraction of sp³-hybridized carbons (Fsp3) is 0.214. The summed E-state index contributed by atoms with van der Waals surface area (Å²) in [6, 6.07) is 18.8. The van der Waals surface area contributed by atoms with Gasteiger partial charge in [-0.05, 0) is 73.5 Å². The van der Waals surface area contributed by atoms with Crippen molar-refractivity contribution < 1.29 is 23.9 Å². The number of aromatic nitrogens is 4. The van der Waals surface area contributed by atoms with Crippen LogP contribution in [0.1, 0.15) is 42.3 Å². The van der Waals surface area contributed by atoms with E-state index in [9.17, 15) is 14.4 Å². The van der Waals surface area contributed by atoms with E-state index in [1.54, 1.807) is 39.0 Å². The van der Waals surface area contributed by atoms with Gasteiger partial charge in [-0.15, -0.1) is 10.2 Å². The minimum absolute atomic E-state index is 0.0857. The number of carbonyl (C=O) groups excluding carboxylic acids is 3. The van der Waals surface area contributed by atoms with Crippen LogP contribution in [0, 0.1) is 0 Å². The molecule has 41 heavy (non-hydrogen) atoms. The molecule has 1 aromatic heterocycles. The molecular weight excluding hydrogens is 550 g/mol. The smallest absolute Gasteiger partial charge is 0.411 e. The third kappa shape index (κ3) is 9.04. The lowest BCUT2D eigenvalue weighted by atomic mass is 10.1. The molecule has 4 rings (SSSR count). The number of H-pyrrole nitrogens is 1. The van der Waals surface area contributed by atoms with Crippen molar-refractivity contribution in [2.75, 3.05) is 10.6 Å². The average molecular weight is 578 g/mol. The molecule has 0 aliphatic heterocycles. The number of nitrogens with one attached hydrogen (secondary N) is 4. The summed E-state index contributed by atoms with van der Waals surface area (Å²) in [7, 11) is 0. The molecule has 0 atom stereocenters. The first-order valence-electron chi connectivity index (χ1n) is 12.5. The van der Waals surface area contributed by atoms with Crippen molar-refractivity contribution in [3.63, 3.8) is 0 Å². The van der Waals surface area contributed by atoms with Gasteiger partial charge in [0.05, 0.1) is 0 Å². The quantitative estimate of drug-likeness (QED) is 0.212. The molecule has 13 heteroatoms. The first kappa shape index (κ1) is 29.0. The van der Waals surface area contributed by atoms with E-state index in [0.717, 1.165) is 5.56 Å². The summed E-state index contributed by atoms with van der Waals surface area (Å²) < 4.78 is 10.5. The average Bonchev–Trinajstić information content (AvgIpc) is 3.45. The van der Waals surface area contributed by atoms with E-state index in [4.69, 9.17) is 21.1 Å². The Hall–Kier alpha value is -4.97. The van der Waals surface area contributed by atoms with E-state index in [-0.39, 0.29) is 29.4 Å². The monoisotopic (exact) mass is 577 g/mol. The Balaban J connectivity index is 1.47. The van der Waals surface area contributed by atoms with Gasteiger partial charge in [0.15, 0.2) is 0 Å². The Morgan fingerprint density at radius 2 is 1.66 bits per heavy atom. The first-order chi connectivity index (χ1) is 19.5. The summed E-state index contributed by atoms with van der Waals surface area (Å²) in [5.41, 5.74) is 2.24. The lowest BCUT2D eigenvalue weighted by molar-refractivity contribution is 0.0523. The van der Waals surface area contributed by atoms with Crippen LogP contribution < -0.4 is 16.0 Å². The summed E-state index contributed by atoms with van der Waals surface area (Å²) >= 11 is 6.24. The Morgan fingerprint density at radius 1 is 0.902 bits per heavy atom. The molecule has 0 radical (unpaired) electrons. The fourth-order valence-electron chi connectivity index (χ4n) is 3.64. The number of benzene rings is 3. The molecule has 0 unspecified atom stereocenters. The fourth-order valence-corrected chi connectivity index (χ4v) is 3.88. The molecule has 0 aliphatic rings. The van der Waals surface area contributed by atoms with Gasteiger partial charge < -0.3 is 20.1 Å². The number of nitrogens with zero attached hydrogens (tertiary/aromatic N) is 3. The molecule has 0 spiro atoms. The van der Waals surface area contributed by atoms with Crippen LogP contribution in [-0.4, -0.2) is 44.3 Å². The Labute approximate surface area is 240 Å². The lowest BCUT2D eigenvalue weighted by Crippen LogP contribution is -2.32. The molecule has 4 aromatic rings. The standard InChI is InChI=1S/C28H28ClN7O5/c1-28(2,3)41-26(38)30-15-18-9-19(24-33-35-36-34-24)12-22(10-18)31-25(37)20-11-21(29)14-23(13-20)32-27(39)40-16-17-7-5-4-6-8-17/h4-14H,15-16H2,1-3H3,(H,30,38)(H,31,37)(H,32,39)(H,33,34,35,36). The van der Waals surface area contributed by atoms with Gasteiger partial charge in [-0.3, -0.25) is 10.1 Å². The van der Waals surface area contributed by atoms with Crippen LogP contribution in [0.15, 0.2) is 66.7 Å². The van der Waals surface area contributed by atoms with E-state index >= 15 is 0 Å². The zero-order valence-electron chi connectivity index (χ0n) is 22.5. The van der Waals surface area contributed by atoms with Crippen molar-refractivity contribution in [2.24, 2.45) is 0 Å². The van der Waals surface area contributed by atoms with E-state index in [0.29, 0.717) is 22.6 Å². The number of halogens is 1. The van der Waals surface area contributed by atoms with E-state index in [1.165, 1.54) is 18.2 Å². The largest absolute Gasteiger partial charge is 0.444 e. The van der Waals surface area contributed by atoms with Crippen LogP contribution in [0.4, 0.5) is 21.0 Å². The van der Waals surface area contributed by atoms with Crippen molar-refractivity contribution in [1.82, 2.24) is 25.9 Å². The highest BCUT2D eigenvalue weighted by Crippen LogP contribution is 2.24. The first-order valence-corrected chi connectivity index (χ1v) is 12.9. The summed E-state index contributed by atoms with van der Waals surface area (Å²) in [5.74, 6) is -0.201. The number of tetrazole rings is 1. The molecule has 0 bridgehead atoms. The maximum Gasteiger partial charge on any atom is 0.411 e. The van der Waals surface area contributed by atoms with Gasteiger partial charge in [0, 0.05) is 34.1 Å². The van der Waals surface area contributed by atoms with Crippen molar-refractivity contribution in [2.45, 2.75) is 39.5 Å². The van der Waals surface area contributed by atoms with Crippen LogP contribution in [0.5, 0.6) is 0 Å². The third-order valence-electron chi connectivity index (χ3n) is 5.31. The van der Waals surface area contributed by atoms with Gasteiger partial charge in [0.25, 0.3) is 5.91 Å². The number of alkyl carbamates (subject to hydrolysis) is 1. The van der Waals surface area contributed by atoms with Gasteiger partial charge in [-0.2, -0.15) is 5.21 Å². The molecule has 3 amide bonds. The van der Waals surface area contributed by atoms with E-state index < -0.39 is 23.7 Å². The predicted molar refractivity (Wildman–Crippen MR) is 152 cm³/mol. The molecule has 3 aromatic carbocycles. The van der Waals surface area contributed by atoms with Crippen molar-refractivity contribution >= 4 is 41.1 Å². The number of anilines is 2. The van der Waals surface area contributed by atoms with E-state index in [1.807, 2.05) is 30.3 Å². The Morgan fingerprint density at radius 3 is 2.37 bits per heavy atom. The zero-order chi connectivity index (χ0) is 29.4. The highest BCUT2D eigenvalue weighted by Gasteiger charge is 2.17. The summed E-state index contributed by atoms with van der Waals surface area (Å²) in [6.45, 7) is 5.49. The molecular formula is C28H28ClN7O5. The molecule has 0 aliphatic carbocycles. The number of amides is 3. The van der Waals surface area contributed by atoms with Crippen molar-refractivity contribution in [1.29, 1.82) is 0 Å². The topological polar surface area (TPSA) is 160 Å².